The molecule has 1 aromatic carbocycles. The third kappa shape index (κ3) is 4.02. The molecule has 0 spiro atoms. The largest absolute Gasteiger partial charge is 0.372 e. The molecule has 1 amide bonds. The van der Waals surface area contributed by atoms with Gasteiger partial charge in [0.25, 0.3) is 5.91 Å². The SMILES string of the molecule is CNc1cnc(C(=O)NCc2ccc(C(C)C)cc2)cn1. The predicted molar refractivity (Wildman–Crippen MR) is 83.3 cm³/mol. The number of nitrogens with one attached hydrogen (secondary N) is 2. The van der Waals surface area contributed by atoms with Crippen molar-refractivity contribution >= 4 is 11.7 Å². The highest BCUT2D eigenvalue weighted by atomic mass is 16.1. The molecule has 1 aromatic heterocycles. The number of hydrogen-bond donors (Lipinski definition) is 2. The van der Waals surface area contributed by atoms with E-state index >= 15 is 0 Å². The number of hydrogen-bond acceptors (Lipinski definition) is 4. The van der Waals surface area contributed by atoms with Crippen LogP contribution in [-0.4, -0.2) is 22.9 Å². The number of nitrogens with zero attached hydrogens (tertiary/aromatic N) is 2. The second-order valence-corrected chi connectivity index (χ2v) is 5.12. The van der Waals surface area contributed by atoms with Crippen molar-refractivity contribution in [2.75, 3.05) is 12.4 Å². The minimum Gasteiger partial charge on any atom is -0.372 e. The molecule has 0 fully saturated rings. The summed E-state index contributed by atoms with van der Waals surface area (Å²) in [4.78, 5) is 20.1. The molecule has 0 atom stereocenters. The molecule has 0 aliphatic heterocycles. The van der Waals surface area contributed by atoms with E-state index in [1.165, 1.54) is 18.0 Å². The lowest BCUT2D eigenvalue weighted by Crippen LogP contribution is -2.24. The highest BCUT2D eigenvalue weighted by Crippen LogP contribution is 2.14. The smallest absolute Gasteiger partial charge is 0.271 e. The summed E-state index contributed by atoms with van der Waals surface area (Å²) in [6.45, 7) is 4.79. The van der Waals surface area contributed by atoms with Crippen LogP contribution in [0, 0.1) is 0 Å². The van der Waals surface area contributed by atoms with Gasteiger partial charge in [0.15, 0.2) is 0 Å². The zero-order valence-corrected chi connectivity index (χ0v) is 12.6. The van der Waals surface area contributed by atoms with Gasteiger partial charge < -0.3 is 10.6 Å². The van der Waals surface area contributed by atoms with Crippen molar-refractivity contribution in [2.45, 2.75) is 26.3 Å². The first-order valence-corrected chi connectivity index (χ1v) is 6.97. The number of aromatic nitrogens is 2. The van der Waals surface area contributed by atoms with Gasteiger partial charge in [-0.05, 0) is 17.0 Å². The van der Waals surface area contributed by atoms with Gasteiger partial charge in [0.05, 0.1) is 12.4 Å². The summed E-state index contributed by atoms with van der Waals surface area (Å²) in [6.07, 6.45) is 3.00. The maximum absolute atomic E-state index is 12.0. The van der Waals surface area contributed by atoms with Crippen LogP contribution in [0.15, 0.2) is 36.7 Å². The van der Waals surface area contributed by atoms with Crippen LogP contribution in [0.4, 0.5) is 5.82 Å². The van der Waals surface area contributed by atoms with Gasteiger partial charge in [-0.3, -0.25) is 4.79 Å². The van der Waals surface area contributed by atoms with E-state index in [1.807, 2.05) is 12.1 Å². The normalized spacial score (nSPS) is 10.5. The maximum atomic E-state index is 12.0. The molecule has 1 heterocycles. The van der Waals surface area contributed by atoms with Gasteiger partial charge in [-0.15, -0.1) is 0 Å². The average Bonchev–Trinajstić information content (AvgIpc) is 2.53. The average molecular weight is 284 g/mol. The quantitative estimate of drug-likeness (QED) is 0.885. The summed E-state index contributed by atoms with van der Waals surface area (Å²) in [5, 5.41) is 5.70. The van der Waals surface area contributed by atoms with Crippen molar-refractivity contribution in [1.29, 1.82) is 0 Å². The minimum atomic E-state index is -0.224. The molecule has 0 bridgehead atoms. The standard InChI is InChI=1S/C16H20N4O/c1-11(2)13-6-4-12(5-7-13)8-20-16(21)14-9-19-15(17-3)10-18-14/h4-7,9-11H,8H2,1-3H3,(H,17,19)(H,20,21). The molecule has 0 radical (unpaired) electrons. The Bertz CT molecular complexity index is 591. The predicted octanol–water partition coefficient (Wildman–Crippen LogP) is 2.57. The van der Waals surface area contributed by atoms with Gasteiger partial charge in [-0.2, -0.15) is 0 Å². The lowest BCUT2D eigenvalue weighted by Gasteiger charge is -2.08. The zero-order valence-electron chi connectivity index (χ0n) is 12.6. The van der Waals surface area contributed by atoms with Gasteiger partial charge in [-0.1, -0.05) is 38.1 Å². The van der Waals surface area contributed by atoms with Crippen LogP contribution in [0.25, 0.3) is 0 Å². The molecule has 5 nitrogen and oxygen atoms in total. The molecule has 110 valence electrons. The molecule has 0 unspecified atom stereocenters. The molecule has 0 aliphatic rings. The van der Waals surface area contributed by atoms with E-state index in [2.05, 4.69) is 46.6 Å². The minimum absolute atomic E-state index is 0.224. The summed E-state index contributed by atoms with van der Waals surface area (Å²) < 4.78 is 0. The van der Waals surface area contributed by atoms with E-state index in [4.69, 9.17) is 0 Å². The Balaban J connectivity index is 1.93. The number of benzene rings is 1. The molecule has 2 rings (SSSR count). The number of anilines is 1. The molecule has 2 N–H and O–H groups in total. The van der Waals surface area contributed by atoms with Crippen molar-refractivity contribution < 1.29 is 4.79 Å². The van der Waals surface area contributed by atoms with Crippen molar-refractivity contribution in [3.63, 3.8) is 0 Å². The molecular formula is C16H20N4O. The Morgan fingerprint density at radius 3 is 2.38 bits per heavy atom. The number of rotatable bonds is 5. The first kappa shape index (κ1) is 15.0. The van der Waals surface area contributed by atoms with E-state index < -0.39 is 0 Å². The molecule has 0 saturated carbocycles. The zero-order chi connectivity index (χ0) is 15.2. The van der Waals surface area contributed by atoms with Crippen LogP contribution >= 0.6 is 0 Å². The molecule has 0 saturated heterocycles. The summed E-state index contributed by atoms with van der Waals surface area (Å²) in [5.41, 5.74) is 2.67. The monoisotopic (exact) mass is 284 g/mol. The Hall–Kier alpha value is -2.43. The number of carbonyl (C=O) groups is 1. The number of amides is 1. The fourth-order valence-electron chi connectivity index (χ4n) is 1.87. The van der Waals surface area contributed by atoms with Crippen molar-refractivity contribution in [3.05, 3.63) is 53.5 Å². The van der Waals surface area contributed by atoms with E-state index in [0.29, 0.717) is 24.0 Å². The summed E-state index contributed by atoms with van der Waals surface area (Å²) in [5.74, 6) is 0.920. The molecule has 0 aliphatic carbocycles. The van der Waals surface area contributed by atoms with E-state index in [9.17, 15) is 4.79 Å². The van der Waals surface area contributed by atoms with E-state index in [0.717, 1.165) is 5.56 Å². The fraction of sp³-hybridized carbons (Fsp3) is 0.312. The van der Waals surface area contributed by atoms with Gasteiger partial charge in [0, 0.05) is 13.6 Å². The maximum Gasteiger partial charge on any atom is 0.271 e. The van der Waals surface area contributed by atoms with Crippen LogP contribution < -0.4 is 10.6 Å². The second kappa shape index (κ2) is 6.83. The third-order valence-corrected chi connectivity index (χ3v) is 3.24. The van der Waals surface area contributed by atoms with Gasteiger partial charge in [-0.25, -0.2) is 9.97 Å². The van der Waals surface area contributed by atoms with Crippen molar-refractivity contribution in [2.24, 2.45) is 0 Å². The van der Waals surface area contributed by atoms with Crippen LogP contribution in [0.1, 0.15) is 41.4 Å². The molecule has 2 aromatic rings. The van der Waals surface area contributed by atoms with Crippen LogP contribution in [0.5, 0.6) is 0 Å². The summed E-state index contributed by atoms with van der Waals surface area (Å²) in [7, 11) is 1.75. The van der Waals surface area contributed by atoms with E-state index in [1.54, 1.807) is 7.05 Å². The molecule has 21 heavy (non-hydrogen) atoms. The number of carbonyl (C=O) groups excluding carboxylic acids is 1. The Kier molecular flexibility index (Phi) is 4.87. The highest BCUT2D eigenvalue weighted by molar-refractivity contribution is 5.91. The lowest BCUT2D eigenvalue weighted by molar-refractivity contribution is 0.0945. The van der Waals surface area contributed by atoms with E-state index in [-0.39, 0.29) is 5.91 Å². The van der Waals surface area contributed by atoms with Crippen LogP contribution in [-0.2, 0) is 6.54 Å². The first-order chi connectivity index (χ1) is 10.1. The highest BCUT2D eigenvalue weighted by Gasteiger charge is 2.07. The summed E-state index contributed by atoms with van der Waals surface area (Å²) >= 11 is 0. The fourth-order valence-corrected chi connectivity index (χ4v) is 1.87. The Morgan fingerprint density at radius 1 is 1.14 bits per heavy atom. The van der Waals surface area contributed by atoms with Crippen molar-refractivity contribution in [3.8, 4) is 0 Å². The summed E-state index contributed by atoms with van der Waals surface area (Å²) in [6, 6.07) is 8.25. The van der Waals surface area contributed by atoms with Crippen LogP contribution in [0.2, 0.25) is 0 Å². The lowest BCUT2D eigenvalue weighted by atomic mass is 10.0. The van der Waals surface area contributed by atoms with Gasteiger partial charge in [0.2, 0.25) is 0 Å². The topological polar surface area (TPSA) is 66.9 Å². The second-order valence-electron chi connectivity index (χ2n) is 5.12. The first-order valence-electron chi connectivity index (χ1n) is 6.97. The Labute approximate surface area is 124 Å². The third-order valence-electron chi connectivity index (χ3n) is 3.24. The van der Waals surface area contributed by atoms with Crippen molar-refractivity contribution in [1.82, 2.24) is 15.3 Å². The van der Waals surface area contributed by atoms with Gasteiger partial charge >= 0.3 is 0 Å². The van der Waals surface area contributed by atoms with Gasteiger partial charge in [0.1, 0.15) is 11.5 Å². The molecular weight excluding hydrogens is 264 g/mol. The molecule has 5 heteroatoms. The Morgan fingerprint density at radius 2 is 1.86 bits per heavy atom. The van der Waals surface area contributed by atoms with Crippen LogP contribution in [0.3, 0.4) is 0 Å².